The molecule has 1 aliphatic heterocycles. The molecule has 41 heavy (non-hydrogen) atoms. The minimum absolute atomic E-state index is 0.00494. The van der Waals surface area contributed by atoms with E-state index in [4.69, 9.17) is 14.7 Å². The van der Waals surface area contributed by atoms with Gasteiger partial charge in [0.15, 0.2) is 0 Å². The van der Waals surface area contributed by atoms with E-state index in [1.54, 1.807) is 18.3 Å². The number of hydrogen-bond donors (Lipinski definition) is 2. The summed E-state index contributed by atoms with van der Waals surface area (Å²) in [4.78, 5) is 28.6. The number of anilines is 2. The van der Waals surface area contributed by atoms with E-state index in [-0.39, 0.29) is 17.9 Å². The standard InChI is InChI=1S/C32H34N6O2S/c1-21(2)15-24(32(39)35-20-26-11-6-14-40-26)17-28-37-29(36-25-10-3-7-22(16-25)19-33)18-30(38-28)41-27-12-4-8-23-9-5-13-34-31(23)27/h3-5,7-10,12-13,16,18,21,24,26H,6,11,14-15,17,20H2,1-2H3,(H,35,39)(H,36,37,38)/t24-,26?/m0/s1. The average molecular weight is 567 g/mol. The van der Waals surface area contributed by atoms with Crippen LogP contribution in [0.1, 0.15) is 44.5 Å². The molecule has 1 saturated heterocycles. The monoisotopic (exact) mass is 566 g/mol. The maximum atomic E-state index is 13.3. The second kappa shape index (κ2) is 13.6. The molecule has 210 valence electrons. The van der Waals surface area contributed by atoms with E-state index in [2.05, 4.69) is 35.5 Å². The largest absolute Gasteiger partial charge is 0.376 e. The molecule has 0 saturated carbocycles. The summed E-state index contributed by atoms with van der Waals surface area (Å²) in [6, 6.07) is 21.4. The molecule has 2 aromatic heterocycles. The van der Waals surface area contributed by atoms with Gasteiger partial charge in [0.1, 0.15) is 16.7 Å². The van der Waals surface area contributed by atoms with Crippen LogP contribution in [0, 0.1) is 23.2 Å². The molecule has 9 heteroatoms. The number of hydrogen-bond acceptors (Lipinski definition) is 8. The van der Waals surface area contributed by atoms with E-state index in [1.807, 2.05) is 48.5 Å². The summed E-state index contributed by atoms with van der Waals surface area (Å²) in [5.74, 6) is 1.25. The second-order valence-electron chi connectivity index (χ2n) is 10.7. The van der Waals surface area contributed by atoms with Gasteiger partial charge in [-0.15, -0.1) is 0 Å². The van der Waals surface area contributed by atoms with E-state index < -0.39 is 0 Å². The first-order valence-electron chi connectivity index (χ1n) is 14.0. The van der Waals surface area contributed by atoms with Gasteiger partial charge in [-0.1, -0.05) is 49.9 Å². The normalized spacial score (nSPS) is 15.5. The quantitative estimate of drug-likeness (QED) is 0.204. The van der Waals surface area contributed by atoms with Crippen molar-refractivity contribution in [2.75, 3.05) is 18.5 Å². The number of carbonyl (C=O) groups is 1. The molecule has 2 atom stereocenters. The number of rotatable bonds is 11. The van der Waals surface area contributed by atoms with Crippen LogP contribution in [-0.4, -0.2) is 40.1 Å². The van der Waals surface area contributed by atoms with Gasteiger partial charge in [-0.25, -0.2) is 9.97 Å². The molecule has 0 spiro atoms. The third kappa shape index (κ3) is 7.81. The summed E-state index contributed by atoms with van der Waals surface area (Å²) in [6.45, 7) is 5.53. The van der Waals surface area contributed by atoms with Gasteiger partial charge in [0.25, 0.3) is 0 Å². The molecule has 0 radical (unpaired) electrons. The third-order valence-corrected chi connectivity index (χ3v) is 7.87. The van der Waals surface area contributed by atoms with Crippen molar-refractivity contribution in [3.63, 3.8) is 0 Å². The third-order valence-electron chi connectivity index (χ3n) is 6.91. The van der Waals surface area contributed by atoms with E-state index in [0.29, 0.717) is 36.1 Å². The smallest absolute Gasteiger partial charge is 0.223 e. The predicted molar refractivity (Wildman–Crippen MR) is 161 cm³/mol. The summed E-state index contributed by atoms with van der Waals surface area (Å²) < 4.78 is 5.70. The van der Waals surface area contributed by atoms with Gasteiger partial charge in [0.05, 0.1) is 23.3 Å². The molecule has 2 N–H and O–H groups in total. The van der Waals surface area contributed by atoms with Crippen molar-refractivity contribution in [3.8, 4) is 6.07 Å². The number of fused-ring (bicyclic) bond motifs is 1. The number of nitriles is 1. The van der Waals surface area contributed by atoms with Crippen molar-refractivity contribution in [1.29, 1.82) is 5.26 Å². The first kappa shape index (κ1) is 28.5. The van der Waals surface area contributed by atoms with Gasteiger partial charge in [0.2, 0.25) is 5.91 Å². The number of pyridine rings is 1. The number of nitrogens with one attached hydrogen (secondary N) is 2. The van der Waals surface area contributed by atoms with Crippen molar-refractivity contribution in [1.82, 2.24) is 20.3 Å². The van der Waals surface area contributed by atoms with Crippen LogP contribution in [0.15, 0.2) is 76.8 Å². The van der Waals surface area contributed by atoms with Crippen molar-refractivity contribution < 1.29 is 9.53 Å². The highest BCUT2D eigenvalue weighted by Gasteiger charge is 2.24. The van der Waals surface area contributed by atoms with Gasteiger partial charge in [-0.05, 0) is 55.5 Å². The van der Waals surface area contributed by atoms with E-state index >= 15 is 0 Å². The molecule has 0 bridgehead atoms. The maximum Gasteiger partial charge on any atom is 0.223 e. The van der Waals surface area contributed by atoms with Gasteiger partial charge in [0, 0.05) is 53.7 Å². The summed E-state index contributed by atoms with van der Waals surface area (Å²) in [5.41, 5.74) is 2.22. The molecule has 5 rings (SSSR count). The van der Waals surface area contributed by atoms with Crippen LogP contribution in [0.2, 0.25) is 0 Å². The maximum absolute atomic E-state index is 13.3. The lowest BCUT2D eigenvalue weighted by molar-refractivity contribution is -0.126. The number of ether oxygens (including phenoxy) is 1. The molecule has 1 aliphatic rings. The molecule has 8 nitrogen and oxygen atoms in total. The topological polar surface area (TPSA) is 113 Å². The van der Waals surface area contributed by atoms with Crippen molar-refractivity contribution in [2.45, 2.75) is 55.6 Å². The Hall–Kier alpha value is -4.00. The SMILES string of the molecule is CC(C)C[C@@H](Cc1nc(Nc2cccc(C#N)c2)cc(Sc2cccc3cccnc23)n1)C(=O)NCC1CCCO1. The molecule has 2 aromatic carbocycles. The number of carbonyl (C=O) groups excluding carboxylic acids is 1. The summed E-state index contributed by atoms with van der Waals surface area (Å²) in [7, 11) is 0. The Bertz CT molecular complexity index is 1540. The highest BCUT2D eigenvalue weighted by molar-refractivity contribution is 7.99. The molecule has 4 aromatic rings. The average Bonchev–Trinajstić information content (AvgIpc) is 3.49. The van der Waals surface area contributed by atoms with Crippen molar-refractivity contribution in [3.05, 3.63) is 78.2 Å². The fourth-order valence-electron chi connectivity index (χ4n) is 5.00. The van der Waals surface area contributed by atoms with Crippen LogP contribution in [-0.2, 0) is 16.0 Å². The Morgan fingerprint density at radius 1 is 1.15 bits per heavy atom. The molecule has 1 fully saturated rings. The van der Waals surface area contributed by atoms with E-state index in [9.17, 15) is 10.1 Å². The molecule has 1 amide bonds. The number of aromatic nitrogens is 3. The Morgan fingerprint density at radius 2 is 2.00 bits per heavy atom. The lowest BCUT2D eigenvalue weighted by Crippen LogP contribution is -2.37. The van der Waals surface area contributed by atoms with Crippen LogP contribution < -0.4 is 10.6 Å². The molecular weight excluding hydrogens is 532 g/mol. The van der Waals surface area contributed by atoms with E-state index in [1.165, 1.54) is 11.8 Å². The van der Waals surface area contributed by atoms with E-state index in [0.717, 1.165) is 52.4 Å². The number of benzene rings is 2. The second-order valence-corrected chi connectivity index (χ2v) is 11.7. The van der Waals surface area contributed by atoms with Crippen LogP contribution >= 0.6 is 11.8 Å². The van der Waals surface area contributed by atoms with Crippen LogP contribution in [0.3, 0.4) is 0 Å². The summed E-state index contributed by atoms with van der Waals surface area (Å²) in [6.07, 6.45) is 5.02. The lowest BCUT2D eigenvalue weighted by atomic mass is 9.93. The van der Waals surface area contributed by atoms with Crippen molar-refractivity contribution >= 4 is 40.1 Å². The number of para-hydroxylation sites is 1. The van der Waals surface area contributed by atoms with Crippen molar-refractivity contribution in [2.24, 2.45) is 11.8 Å². The van der Waals surface area contributed by atoms with Gasteiger partial charge in [-0.3, -0.25) is 9.78 Å². The fraction of sp³-hybridized carbons (Fsp3) is 0.344. The number of nitrogens with zero attached hydrogens (tertiary/aromatic N) is 4. The Kier molecular flexibility index (Phi) is 9.44. The minimum Gasteiger partial charge on any atom is -0.376 e. The number of amides is 1. The first-order valence-corrected chi connectivity index (χ1v) is 14.8. The molecule has 1 unspecified atom stereocenters. The zero-order valence-corrected chi connectivity index (χ0v) is 24.2. The fourth-order valence-corrected chi connectivity index (χ4v) is 5.96. The van der Waals surface area contributed by atoms with Gasteiger partial charge in [-0.2, -0.15) is 5.26 Å². The Morgan fingerprint density at radius 3 is 2.80 bits per heavy atom. The van der Waals surface area contributed by atoms with Crippen LogP contribution in [0.25, 0.3) is 10.9 Å². The molecule has 0 aliphatic carbocycles. The predicted octanol–water partition coefficient (Wildman–Crippen LogP) is 6.29. The zero-order chi connectivity index (χ0) is 28.6. The van der Waals surface area contributed by atoms with Crippen LogP contribution in [0.5, 0.6) is 0 Å². The summed E-state index contributed by atoms with van der Waals surface area (Å²) >= 11 is 1.52. The highest BCUT2D eigenvalue weighted by atomic mass is 32.2. The minimum atomic E-state index is -0.273. The highest BCUT2D eigenvalue weighted by Crippen LogP contribution is 2.33. The Labute approximate surface area is 245 Å². The Balaban J connectivity index is 1.44. The zero-order valence-electron chi connectivity index (χ0n) is 23.3. The molecular formula is C32H34N6O2S. The van der Waals surface area contributed by atoms with Gasteiger partial charge < -0.3 is 15.4 Å². The lowest BCUT2D eigenvalue weighted by Gasteiger charge is -2.20. The van der Waals surface area contributed by atoms with Crippen LogP contribution in [0.4, 0.5) is 11.5 Å². The summed E-state index contributed by atoms with van der Waals surface area (Å²) in [5, 5.41) is 17.6. The first-order chi connectivity index (χ1) is 20.0. The van der Waals surface area contributed by atoms with Gasteiger partial charge >= 0.3 is 0 Å². The molecule has 3 heterocycles.